The molecule has 0 unspecified atom stereocenters. The molecule has 6 nitrogen and oxygen atoms in total. The number of hydrogen-bond acceptors (Lipinski definition) is 5. The smallest absolute Gasteiger partial charge is 0.249 e. The van der Waals surface area contributed by atoms with E-state index in [1.165, 1.54) is 32.4 Å². The van der Waals surface area contributed by atoms with Gasteiger partial charge in [-0.25, -0.2) is 8.78 Å². The molecule has 35 heavy (non-hydrogen) atoms. The Bertz CT molecular complexity index is 1270. The molecule has 0 spiro atoms. The fourth-order valence-corrected chi connectivity index (χ4v) is 5.10. The molecule has 3 N–H and O–H groups in total. The highest BCUT2D eigenvalue weighted by Crippen LogP contribution is 2.56. The summed E-state index contributed by atoms with van der Waals surface area (Å²) in [6.07, 6.45) is 0. The van der Waals surface area contributed by atoms with Gasteiger partial charge in [-0.1, -0.05) is 41.9 Å². The summed E-state index contributed by atoms with van der Waals surface area (Å²) >= 11 is 6.49. The van der Waals surface area contributed by atoms with Crippen LogP contribution < -0.4 is 20.5 Å². The maximum Gasteiger partial charge on any atom is 0.249 e. The van der Waals surface area contributed by atoms with Crippen molar-refractivity contribution < 1.29 is 27.8 Å². The van der Waals surface area contributed by atoms with Crippen LogP contribution in [0.5, 0.6) is 11.5 Å². The van der Waals surface area contributed by atoms with Crippen molar-refractivity contribution in [3.63, 3.8) is 0 Å². The molecular formula is C26H25ClF2N2O4. The van der Waals surface area contributed by atoms with Gasteiger partial charge in [-0.2, -0.15) is 0 Å². The predicted octanol–water partition coefficient (Wildman–Crippen LogP) is 4.63. The van der Waals surface area contributed by atoms with Gasteiger partial charge < -0.3 is 25.3 Å². The van der Waals surface area contributed by atoms with Crippen molar-refractivity contribution >= 4 is 17.5 Å². The van der Waals surface area contributed by atoms with Gasteiger partial charge in [-0.05, 0) is 24.7 Å². The van der Waals surface area contributed by atoms with E-state index in [-0.39, 0.29) is 39.8 Å². The maximum atomic E-state index is 15.7. The van der Waals surface area contributed by atoms with E-state index in [1.54, 1.807) is 7.05 Å². The van der Waals surface area contributed by atoms with Crippen LogP contribution in [0.15, 0.2) is 48.5 Å². The lowest BCUT2D eigenvalue weighted by atomic mass is 9.76. The molecule has 1 aliphatic heterocycles. The Hall–Kier alpha value is -3.20. The fraction of sp³-hybridized carbons (Fsp3) is 0.269. The Balaban J connectivity index is 2.11. The quantitative estimate of drug-likeness (QED) is 0.469. The third-order valence-electron chi connectivity index (χ3n) is 6.30. The highest BCUT2D eigenvalue weighted by molar-refractivity contribution is 6.34. The number of benzene rings is 3. The van der Waals surface area contributed by atoms with Crippen molar-refractivity contribution in [2.45, 2.75) is 11.5 Å². The van der Waals surface area contributed by atoms with Crippen molar-refractivity contribution in [2.75, 3.05) is 34.4 Å². The minimum Gasteiger partial charge on any atom is -0.494 e. The number of rotatable bonds is 8. The molecule has 1 heterocycles. The van der Waals surface area contributed by atoms with Gasteiger partial charge >= 0.3 is 0 Å². The van der Waals surface area contributed by atoms with E-state index in [1.807, 2.05) is 30.3 Å². The number of fused-ring (bicyclic) bond motifs is 1. The Morgan fingerprint density at radius 1 is 1.17 bits per heavy atom. The number of carbonyl (C=O) groups is 1. The molecule has 1 amide bonds. The number of nitrogens with two attached hydrogens (primary N) is 1. The number of carbonyl (C=O) groups excluding carboxylic acids is 1. The molecule has 9 heteroatoms. The van der Waals surface area contributed by atoms with Crippen molar-refractivity contribution in [3.8, 4) is 22.6 Å². The number of hydrogen-bond donors (Lipinski definition) is 2. The van der Waals surface area contributed by atoms with Crippen LogP contribution in [0.4, 0.5) is 8.78 Å². The minimum absolute atomic E-state index is 0.0252. The van der Waals surface area contributed by atoms with E-state index in [0.717, 1.165) is 5.56 Å². The van der Waals surface area contributed by atoms with Crippen LogP contribution >= 0.6 is 11.6 Å². The van der Waals surface area contributed by atoms with E-state index in [2.05, 4.69) is 5.32 Å². The molecule has 184 valence electrons. The summed E-state index contributed by atoms with van der Waals surface area (Å²) in [5.74, 6) is -3.16. The molecule has 2 atom stereocenters. The van der Waals surface area contributed by atoms with Crippen LogP contribution in [0.25, 0.3) is 11.1 Å². The van der Waals surface area contributed by atoms with Crippen LogP contribution in [0.3, 0.4) is 0 Å². The number of amides is 1. The van der Waals surface area contributed by atoms with E-state index < -0.39 is 29.1 Å². The van der Waals surface area contributed by atoms with Crippen LogP contribution in [0, 0.1) is 11.6 Å². The lowest BCUT2D eigenvalue weighted by Gasteiger charge is -2.35. The average Bonchev–Trinajstić information content (AvgIpc) is 3.14. The second-order valence-corrected chi connectivity index (χ2v) is 8.60. The van der Waals surface area contributed by atoms with Gasteiger partial charge in [-0.3, -0.25) is 4.79 Å². The van der Waals surface area contributed by atoms with Gasteiger partial charge in [0, 0.05) is 36.4 Å². The number of likely N-dealkylation sites (N-methyl/N-ethyl adjacent to an activating group) is 1. The van der Waals surface area contributed by atoms with Crippen LogP contribution in [-0.4, -0.2) is 40.3 Å². The van der Waals surface area contributed by atoms with Gasteiger partial charge in [0.05, 0.1) is 30.2 Å². The molecule has 4 rings (SSSR count). The van der Waals surface area contributed by atoms with Gasteiger partial charge in [-0.15, -0.1) is 0 Å². The first kappa shape index (κ1) is 24.9. The Kier molecular flexibility index (Phi) is 6.98. The number of ether oxygens (including phenoxy) is 3. The minimum atomic E-state index is -1.04. The first-order valence-corrected chi connectivity index (χ1v) is 11.2. The standard InChI is InChI=1S/C26H25ClF2N2O4/c1-31-13-26(14-7-5-4-6-8-14)16(12-33-2)21-19(35-26)11-17(28)23(27)22(21)20-15(25(30)32)9-10-18(34-3)24(20)29/h4-11,16,31H,12-13H2,1-3H3,(H2,30,32)/t16-,26+/m0/s1. The monoisotopic (exact) mass is 502 g/mol. The zero-order valence-electron chi connectivity index (χ0n) is 19.5. The van der Waals surface area contributed by atoms with Gasteiger partial charge in [0.15, 0.2) is 17.2 Å². The summed E-state index contributed by atoms with van der Waals surface area (Å²) in [6, 6.07) is 13.2. The van der Waals surface area contributed by atoms with Crippen LogP contribution in [0.1, 0.15) is 27.4 Å². The summed E-state index contributed by atoms with van der Waals surface area (Å²) in [7, 11) is 4.58. The molecule has 3 aromatic carbocycles. The summed E-state index contributed by atoms with van der Waals surface area (Å²) < 4.78 is 48.1. The lowest BCUT2D eigenvalue weighted by molar-refractivity contribution is 0.0327. The van der Waals surface area contributed by atoms with E-state index in [9.17, 15) is 4.79 Å². The Labute approximate surface area is 206 Å². The van der Waals surface area contributed by atoms with Crippen LogP contribution in [-0.2, 0) is 10.3 Å². The third-order valence-corrected chi connectivity index (χ3v) is 6.67. The first-order chi connectivity index (χ1) is 16.8. The number of methoxy groups -OCH3 is 2. The van der Waals surface area contributed by atoms with Gasteiger partial charge in [0.25, 0.3) is 0 Å². The highest BCUT2D eigenvalue weighted by Gasteiger charge is 2.52. The normalized spacial score (nSPS) is 18.7. The SMILES string of the molecule is CNC[C@]1(c2ccccc2)Oc2cc(F)c(Cl)c(-c3c(C(N)=O)ccc(OC)c3F)c2[C@@H]1COC. The molecule has 0 bridgehead atoms. The fourth-order valence-electron chi connectivity index (χ4n) is 4.85. The molecule has 0 radical (unpaired) electrons. The summed E-state index contributed by atoms with van der Waals surface area (Å²) in [5.41, 5.74) is 5.31. The molecular weight excluding hydrogens is 478 g/mol. The maximum absolute atomic E-state index is 15.7. The van der Waals surface area contributed by atoms with Crippen molar-refractivity contribution in [3.05, 3.63) is 81.9 Å². The largest absolute Gasteiger partial charge is 0.494 e. The van der Waals surface area contributed by atoms with Crippen molar-refractivity contribution in [1.82, 2.24) is 5.32 Å². The van der Waals surface area contributed by atoms with Crippen LogP contribution in [0.2, 0.25) is 5.02 Å². The molecule has 0 aliphatic carbocycles. The summed E-state index contributed by atoms with van der Waals surface area (Å²) in [5, 5.41) is 2.78. The van der Waals surface area contributed by atoms with E-state index >= 15 is 8.78 Å². The zero-order chi connectivity index (χ0) is 25.3. The molecule has 0 fully saturated rings. The topological polar surface area (TPSA) is 82.8 Å². The van der Waals surface area contributed by atoms with Crippen molar-refractivity contribution in [1.29, 1.82) is 0 Å². The number of halogens is 3. The Morgan fingerprint density at radius 2 is 1.89 bits per heavy atom. The van der Waals surface area contributed by atoms with Crippen molar-refractivity contribution in [2.24, 2.45) is 5.73 Å². The second-order valence-electron chi connectivity index (χ2n) is 8.22. The van der Waals surface area contributed by atoms with E-state index in [4.69, 9.17) is 31.5 Å². The molecule has 0 saturated carbocycles. The molecule has 0 saturated heterocycles. The van der Waals surface area contributed by atoms with Gasteiger partial charge in [0.2, 0.25) is 5.91 Å². The summed E-state index contributed by atoms with van der Waals surface area (Å²) in [4.78, 5) is 12.3. The van der Waals surface area contributed by atoms with E-state index in [0.29, 0.717) is 12.1 Å². The van der Waals surface area contributed by atoms with Gasteiger partial charge in [0.1, 0.15) is 11.6 Å². The second kappa shape index (κ2) is 9.81. The molecule has 1 aliphatic rings. The molecule has 3 aromatic rings. The first-order valence-electron chi connectivity index (χ1n) is 10.9. The highest BCUT2D eigenvalue weighted by atomic mass is 35.5. The summed E-state index contributed by atoms with van der Waals surface area (Å²) in [6.45, 7) is 0.456. The third kappa shape index (κ3) is 4.01. The average molecular weight is 503 g/mol. The number of nitrogens with one attached hydrogen (secondary N) is 1. The molecule has 0 aromatic heterocycles. The lowest BCUT2D eigenvalue weighted by Crippen LogP contribution is -2.45. The number of primary amides is 1. The Morgan fingerprint density at radius 3 is 2.49 bits per heavy atom. The zero-order valence-corrected chi connectivity index (χ0v) is 20.2. The predicted molar refractivity (Wildman–Crippen MR) is 129 cm³/mol.